The van der Waals surface area contributed by atoms with E-state index in [9.17, 15) is 5.11 Å². The Morgan fingerprint density at radius 3 is 3.08 bits per heavy atom. The fourth-order valence-electron chi connectivity index (χ4n) is 1.61. The van der Waals surface area contributed by atoms with Crippen molar-refractivity contribution in [3.05, 3.63) is 28.8 Å². The van der Waals surface area contributed by atoms with Gasteiger partial charge in [-0.1, -0.05) is 11.6 Å². The normalized spacial score (nSPS) is 22.2. The second-order valence-electron chi connectivity index (χ2n) is 3.34. The van der Waals surface area contributed by atoms with Crippen molar-refractivity contribution in [3.63, 3.8) is 0 Å². The molecule has 1 aliphatic rings. The van der Waals surface area contributed by atoms with Crippen LogP contribution in [0, 0.1) is 0 Å². The van der Waals surface area contributed by atoms with Crippen molar-refractivity contribution >= 4 is 11.6 Å². The first-order chi connectivity index (χ1) is 6.18. The van der Waals surface area contributed by atoms with E-state index in [0.717, 1.165) is 11.3 Å². The zero-order valence-electron chi connectivity index (χ0n) is 7.33. The smallest absolute Gasteiger partial charge is 0.123 e. The summed E-state index contributed by atoms with van der Waals surface area (Å²) in [6.45, 7) is 2.32. The highest BCUT2D eigenvalue weighted by molar-refractivity contribution is 6.30. The maximum atomic E-state index is 9.47. The first-order valence-electron chi connectivity index (χ1n) is 4.29. The van der Waals surface area contributed by atoms with E-state index in [0.29, 0.717) is 11.6 Å². The number of hydrogen-bond donors (Lipinski definition) is 1. The van der Waals surface area contributed by atoms with E-state index in [2.05, 4.69) is 0 Å². The van der Waals surface area contributed by atoms with E-state index in [4.69, 9.17) is 16.3 Å². The van der Waals surface area contributed by atoms with Crippen LogP contribution in [0.25, 0.3) is 0 Å². The molecule has 0 amide bonds. The van der Waals surface area contributed by atoms with Crippen molar-refractivity contribution in [1.82, 2.24) is 0 Å². The Balaban J connectivity index is 2.40. The summed E-state index contributed by atoms with van der Waals surface area (Å²) in [5, 5.41) is 10.2. The van der Waals surface area contributed by atoms with Crippen LogP contribution in [-0.4, -0.2) is 17.8 Å². The number of aliphatic hydroxyl groups is 1. The molecule has 0 fully saturated rings. The maximum absolute atomic E-state index is 9.47. The van der Waals surface area contributed by atoms with Gasteiger partial charge in [0.2, 0.25) is 0 Å². The molecule has 2 unspecified atom stereocenters. The van der Waals surface area contributed by atoms with Crippen molar-refractivity contribution < 1.29 is 9.84 Å². The number of rotatable bonds is 1. The molecule has 0 saturated carbocycles. The molecule has 13 heavy (non-hydrogen) atoms. The lowest BCUT2D eigenvalue weighted by atomic mass is 9.97. The zero-order chi connectivity index (χ0) is 9.42. The Morgan fingerprint density at radius 2 is 2.38 bits per heavy atom. The summed E-state index contributed by atoms with van der Waals surface area (Å²) in [5.74, 6) is 0.906. The second-order valence-corrected chi connectivity index (χ2v) is 3.78. The van der Waals surface area contributed by atoms with Crippen molar-refractivity contribution in [2.45, 2.75) is 18.9 Å². The largest absolute Gasteiger partial charge is 0.493 e. The average molecular weight is 199 g/mol. The Kier molecular flexibility index (Phi) is 2.18. The molecular formula is C10H11ClO2. The molecule has 70 valence electrons. The highest BCUT2D eigenvalue weighted by Crippen LogP contribution is 2.37. The number of aliphatic hydroxyl groups excluding tert-OH is 1. The minimum Gasteiger partial charge on any atom is -0.493 e. The van der Waals surface area contributed by atoms with Gasteiger partial charge < -0.3 is 9.84 Å². The van der Waals surface area contributed by atoms with Gasteiger partial charge in [0.15, 0.2) is 0 Å². The summed E-state index contributed by atoms with van der Waals surface area (Å²) in [5.41, 5.74) is 1.02. The van der Waals surface area contributed by atoms with Crippen LogP contribution < -0.4 is 4.74 Å². The van der Waals surface area contributed by atoms with E-state index in [1.165, 1.54) is 0 Å². The average Bonchev–Trinajstić information content (AvgIpc) is 2.46. The lowest BCUT2D eigenvalue weighted by Gasteiger charge is -2.11. The van der Waals surface area contributed by atoms with Crippen LogP contribution in [0.3, 0.4) is 0 Å². The van der Waals surface area contributed by atoms with Crippen molar-refractivity contribution in [2.24, 2.45) is 0 Å². The topological polar surface area (TPSA) is 29.5 Å². The van der Waals surface area contributed by atoms with Crippen LogP contribution in [0.1, 0.15) is 18.4 Å². The van der Waals surface area contributed by atoms with Gasteiger partial charge >= 0.3 is 0 Å². The van der Waals surface area contributed by atoms with E-state index < -0.39 is 0 Å². The number of benzene rings is 1. The van der Waals surface area contributed by atoms with Crippen LogP contribution in [0.15, 0.2) is 18.2 Å². The van der Waals surface area contributed by atoms with E-state index in [-0.39, 0.29) is 12.0 Å². The van der Waals surface area contributed by atoms with Crippen molar-refractivity contribution in [1.29, 1.82) is 0 Å². The fraction of sp³-hybridized carbons (Fsp3) is 0.400. The summed E-state index contributed by atoms with van der Waals surface area (Å²) in [7, 11) is 0. The molecule has 3 heteroatoms. The van der Waals surface area contributed by atoms with E-state index in [1.54, 1.807) is 13.0 Å². The van der Waals surface area contributed by atoms with Crippen molar-refractivity contribution in [2.75, 3.05) is 6.61 Å². The van der Waals surface area contributed by atoms with Gasteiger partial charge in [-0.25, -0.2) is 0 Å². The predicted octanol–water partition coefficient (Wildman–Crippen LogP) is 2.20. The number of hydrogen-bond acceptors (Lipinski definition) is 2. The van der Waals surface area contributed by atoms with Crippen LogP contribution in [-0.2, 0) is 0 Å². The monoisotopic (exact) mass is 198 g/mol. The van der Waals surface area contributed by atoms with Crippen LogP contribution in [0.5, 0.6) is 5.75 Å². The first kappa shape index (κ1) is 8.85. The maximum Gasteiger partial charge on any atom is 0.123 e. The molecule has 0 radical (unpaired) electrons. The molecule has 0 aliphatic carbocycles. The highest BCUT2D eigenvalue weighted by Gasteiger charge is 2.27. The molecule has 0 aromatic heterocycles. The molecular weight excluding hydrogens is 188 g/mol. The molecule has 2 rings (SSSR count). The van der Waals surface area contributed by atoms with Crippen molar-refractivity contribution in [3.8, 4) is 5.75 Å². The number of halogens is 1. The Bertz CT molecular complexity index is 323. The molecule has 1 aromatic carbocycles. The Labute approximate surface area is 82.1 Å². The third kappa shape index (κ3) is 1.52. The highest BCUT2D eigenvalue weighted by atomic mass is 35.5. The van der Waals surface area contributed by atoms with Gasteiger partial charge in [-0.05, 0) is 25.1 Å². The van der Waals surface area contributed by atoms with Gasteiger partial charge in [-0.15, -0.1) is 0 Å². The van der Waals surface area contributed by atoms with Gasteiger partial charge in [-0.3, -0.25) is 0 Å². The van der Waals surface area contributed by atoms with Crippen LogP contribution in [0.4, 0.5) is 0 Å². The van der Waals surface area contributed by atoms with Gasteiger partial charge in [0.25, 0.3) is 0 Å². The van der Waals surface area contributed by atoms with Crippen LogP contribution in [0.2, 0.25) is 5.02 Å². The summed E-state index contributed by atoms with van der Waals surface area (Å²) < 4.78 is 5.41. The molecule has 2 nitrogen and oxygen atoms in total. The fourth-order valence-corrected chi connectivity index (χ4v) is 1.79. The molecule has 1 heterocycles. The second kappa shape index (κ2) is 3.20. The van der Waals surface area contributed by atoms with E-state index >= 15 is 0 Å². The third-order valence-corrected chi connectivity index (χ3v) is 2.61. The quantitative estimate of drug-likeness (QED) is 0.750. The molecule has 2 atom stereocenters. The summed E-state index contributed by atoms with van der Waals surface area (Å²) in [6.07, 6.45) is -0.389. The van der Waals surface area contributed by atoms with Gasteiger partial charge in [-0.2, -0.15) is 0 Å². The molecule has 0 saturated heterocycles. The minimum absolute atomic E-state index is 0.0636. The SMILES string of the molecule is CC(O)C1COc2ccc(Cl)cc21. The summed E-state index contributed by atoms with van der Waals surface area (Å²) >= 11 is 5.86. The Morgan fingerprint density at radius 1 is 1.62 bits per heavy atom. The summed E-state index contributed by atoms with van der Waals surface area (Å²) in [4.78, 5) is 0. The molecule has 1 aromatic rings. The van der Waals surface area contributed by atoms with Crippen LogP contribution >= 0.6 is 11.6 Å². The Hall–Kier alpha value is -0.730. The standard InChI is InChI=1S/C10H11ClO2/c1-6(12)9-5-13-10-3-2-7(11)4-8(9)10/h2-4,6,9,12H,5H2,1H3. The van der Waals surface area contributed by atoms with Gasteiger partial charge in [0.1, 0.15) is 5.75 Å². The molecule has 0 spiro atoms. The third-order valence-electron chi connectivity index (χ3n) is 2.37. The predicted molar refractivity (Wildman–Crippen MR) is 51.4 cm³/mol. The van der Waals surface area contributed by atoms with Gasteiger partial charge in [0.05, 0.1) is 12.7 Å². The van der Waals surface area contributed by atoms with E-state index in [1.807, 2.05) is 12.1 Å². The lowest BCUT2D eigenvalue weighted by molar-refractivity contribution is 0.146. The first-order valence-corrected chi connectivity index (χ1v) is 4.66. The number of fused-ring (bicyclic) bond motifs is 1. The summed E-state index contributed by atoms with van der Waals surface area (Å²) in [6, 6.07) is 5.51. The molecule has 1 N–H and O–H groups in total. The molecule has 0 bridgehead atoms. The number of ether oxygens (including phenoxy) is 1. The van der Waals surface area contributed by atoms with Gasteiger partial charge in [0, 0.05) is 16.5 Å². The minimum atomic E-state index is -0.389. The molecule has 1 aliphatic heterocycles. The lowest BCUT2D eigenvalue weighted by Crippen LogP contribution is -2.15. The zero-order valence-corrected chi connectivity index (χ0v) is 8.08.